The lowest BCUT2D eigenvalue weighted by Gasteiger charge is -2.23. The zero-order chi connectivity index (χ0) is 18.9. The molecule has 0 unspecified atom stereocenters. The fourth-order valence-electron chi connectivity index (χ4n) is 2.76. The van der Waals surface area contributed by atoms with E-state index in [1.807, 2.05) is 19.1 Å². The van der Waals surface area contributed by atoms with E-state index in [2.05, 4.69) is 13.8 Å². The van der Waals surface area contributed by atoms with Gasteiger partial charge in [0.15, 0.2) is 0 Å². The van der Waals surface area contributed by atoms with Crippen LogP contribution in [0.3, 0.4) is 0 Å². The summed E-state index contributed by atoms with van der Waals surface area (Å²) >= 11 is 0. The summed E-state index contributed by atoms with van der Waals surface area (Å²) in [7, 11) is 0. The summed E-state index contributed by atoms with van der Waals surface area (Å²) in [5.41, 5.74) is 1.04. The Kier molecular flexibility index (Phi) is 7.39. The molecule has 0 saturated heterocycles. The van der Waals surface area contributed by atoms with Gasteiger partial charge in [0, 0.05) is 6.42 Å². The topological polar surface area (TPSA) is 52.6 Å². The minimum absolute atomic E-state index is 0.304. The first-order valence-electron chi connectivity index (χ1n) is 8.97. The van der Waals surface area contributed by atoms with Crippen LogP contribution in [-0.4, -0.2) is 24.1 Å². The second-order valence-corrected chi connectivity index (χ2v) is 6.84. The summed E-state index contributed by atoms with van der Waals surface area (Å²) in [6, 6.07) is 17.8. The normalized spacial score (nSPS) is 13.1. The maximum absolute atomic E-state index is 12.3. The van der Waals surface area contributed by atoms with Gasteiger partial charge in [-0.25, -0.2) is 9.59 Å². The fourth-order valence-corrected chi connectivity index (χ4v) is 2.76. The summed E-state index contributed by atoms with van der Waals surface area (Å²) in [5, 5.41) is 0. The van der Waals surface area contributed by atoms with E-state index in [0.29, 0.717) is 29.9 Å². The average Bonchev–Trinajstić information content (AvgIpc) is 2.62. The van der Waals surface area contributed by atoms with E-state index < -0.39 is 0 Å². The highest BCUT2D eigenvalue weighted by molar-refractivity contribution is 5.90. The van der Waals surface area contributed by atoms with Crippen molar-refractivity contribution >= 4 is 11.9 Å². The molecule has 0 spiro atoms. The molecule has 0 aliphatic heterocycles. The molecular formula is C22H26O4. The smallest absolute Gasteiger partial charge is 0.338 e. The highest BCUT2D eigenvalue weighted by Gasteiger charge is 2.22. The number of carbonyl (C=O) groups excluding carboxylic acids is 2. The number of esters is 2. The van der Waals surface area contributed by atoms with Crippen molar-refractivity contribution < 1.29 is 19.1 Å². The molecule has 0 N–H and O–H groups in total. The van der Waals surface area contributed by atoms with Gasteiger partial charge in [0.1, 0.15) is 12.2 Å². The molecule has 0 aromatic heterocycles. The van der Waals surface area contributed by atoms with Crippen LogP contribution < -0.4 is 0 Å². The molecule has 0 heterocycles. The Morgan fingerprint density at radius 3 is 1.65 bits per heavy atom. The summed E-state index contributed by atoms with van der Waals surface area (Å²) in [5.74, 6) is -0.353. The van der Waals surface area contributed by atoms with Crippen molar-refractivity contribution in [3.8, 4) is 0 Å². The number of rotatable bonds is 8. The van der Waals surface area contributed by atoms with Gasteiger partial charge in [-0.05, 0) is 43.5 Å². The Bertz CT molecular complexity index is 695. The lowest BCUT2D eigenvalue weighted by Crippen LogP contribution is -2.27. The molecule has 0 radical (unpaired) electrons. The Morgan fingerprint density at radius 1 is 0.731 bits per heavy atom. The third kappa shape index (κ3) is 6.36. The van der Waals surface area contributed by atoms with Gasteiger partial charge in [-0.3, -0.25) is 0 Å². The maximum Gasteiger partial charge on any atom is 0.338 e. The second kappa shape index (κ2) is 9.76. The van der Waals surface area contributed by atoms with E-state index in [9.17, 15) is 9.59 Å². The molecule has 26 heavy (non-hydrogen) atoms. The largest absolute Gasteiger partial charge is 0.459 e. The number of benzene rings is 2. The molecule has 0 fully saturated rings. The van der Waals surface area contributed by atoms with Crippen LogP contribution in [0.4, 0.5) is 0 Å². The summed E-state index contributed by atoms with van der Waals surface area (Å²) in [6.07, 6.45) is 0.525. The molecule has 2 aromatic carbocycles. The average molecular weight is 354 g/mol. The number of ether oxygens (including phenoxy) is 2. The Morgan fingerprint density at radius 2 is 1.19 bits per heavy atom. The lowest BCUT2D eigenvalue weighted by atomic mass is 10.0. The summed E-state index contributed by atoms with van der Waals surface area (Å²) in [4.78, 5) is 24.5. The molecule has 0 aliphatic carbocycles. The van der Waals surface area contributed by atoms with Crippen LogP contribution in [0.5, 0.6) is 0 Å². The fraction of sp³-hybridized carbons (Fsp3) is 0.364. The van der Waals surface area contributed by atoms with E-state index >= 15 is 0 Å². The molecule has 2 rings (SSSR count). The molecule has 0 saturated carbocycles. The SMILES string of the molecule is CC(C)C[C@@H](C[C@@H](C)OC(=O)c1ccccc1)OC(=O)c1ccccc1. The highest BCUT2D eigenvalue weighted by Crippen LogP contribution is 2.18. The minimum atomic E-state index is -0.365. The number of hydrogen-bond donors (Lipinski definition) is 0. The van der Waals surface area contributed by atoms with Crippen molar-refractivity contribution in [2.24, 2.45) is 5.92 Å². The molecule has 4 nitrogen and oxygen atoms in total. The van der Waals surface area contributed by atoms with E-state index in [4.69, 9.17) is 9.47 Å². The number of hydrogen-bond acceptors (Lipinski definition) is 4. The quantitative estimate of drug-likeness (QED) is 0.633. The highest BCUT2D eigenvalue weighted by atomic mass is 16.6. The first-order chi connectivity index (χ1) is 12.5. The van der Waals surface area contributed by atoms with Gasteiger partial charge < -0.3 is 9.47 Å². The van der Waals surface area contributed by atoms with Crippen LogP contribution in [0.25, 0.3) is 0 Å². The van der Waals surface area contributed by atoms with Crippen LogP contribution in [0, 0.1) is 5.92 Å². The molecule has 2 aromatic rings. The van der Waals surface area contributed by atoms with E-state index in [1.54, 1.807) is 48.5 Å². The van der Waals surface area contributed by atoms with Gasteiger partial charge in [0.2, 0.25) is 0 Å². The minimum Gasteiger partial charge on any atom is -0.459 e. The van der Waals surface area contributed by atoms with E-state index in [1.165, 1.54) is 0 Å². The van der Waals surface area contributed by atoms with Gasteiger partial charge in [-0.2, -0.15) is 0 Å². The van der Waals surface area contributed by atoms with Crippen molar-refractivity contribution in [3.05, 3.63) is 71.8 Å². The maximum atomic E-state index is 12.3. The molecule has 138 valence electrons. The van der Waals surface area contributed by atoms with Crippen LogP contribution in [-0.2, 0) is 9.47 Å². The van der Waals surface area contributed by atoms with Gasteiger partial charge in [0.25, 0.3) is 0 Å². The molecule has 0 bridgehead atoms. The zero-order valence-electron chi connectivity index (χ0n) is 15.6. The predicted octanol–water partition coefficient (Wildman–Crippen LogP) is 4.89. The molecule has 0 amide bonds. The van der Waals surface area contributed by atoms with Crippen molar-refractivity contribution in [1.29, 1.82) is 0 Å². The molecule has 4 heteroatoms. The van der Waals surface area contributed by atoms with Crippen molar-refractivity contribution in [2.45, 2.75) is 45.8 Å². The van der Waals surface area contributed by atoms with Crippen LogP contribution >= 0.6 is 0 Å². The van der Waals surface area contributed by atoms with E-state index in [-0.39, 0.29) is 24.1 Å². The standard InChI is InChI=1S/C22H26O4/c1-16(2)14-20(26-22(24)19-12-8-5-9-13-19)15-17(3)25-21(23)18-10-6-4-7-11-18/h4-13,16-17,20H,14-15H2,1-3H3/t17-,20+/m1/s1. The molecule has 0 aliphatic rings. The van der Waals surface area contributed by atoms with Gasteiger partial charge in [-0.15, -0.1) is 0 Å². The van der Waals surface area contributed by atoms with Crippen LogP contribution in [0.2, 0.25) is 0 Å². The summed E-state index contributed by atoms with van der Waals surface area (Å²) < 4.78 is 11.2. The lowest BCUT2D eigenvalue weighted by molar-refractivity contribution is -0.000878. The Balaban J connectivity index is 1.96. The van der Waals surface area contributed by atoms with Gasteiger partial charge in [0.05, 0.1) is 11.1 Å². The van der Waals surface area contributed by atoms with Crippen molar-refractivity contribution in [3.63, 3.8) is 0 Å². The monoisotopic (exact) mass is 354 g/mol. The third-order valence-electron chi connectivity index (χ3n) is 3.93. The summed E-state index contributed by atoms with van der Waals surface area (Å²) in [6.45, 7) is 5.97. The van der Waals surface area contributed by atoms with Gasteiger partial charge >= 0.3 is 11.9 Å². The van der Waals surface area contributed by atoms with Crippen LogP contribution in [0.1, 0.15) is 54.3 Å². The third-order valence-corrected chi connectivity index (χ3v) is 3.93. The van der Waals surface area contributed by atoms with Crippen molar-refractivity contribution in [1.82, 2.24) is 0 Å². The van der Waals surface area contributed by atoms with Crippen molar-refractivity contribution in [2.75, 3.05) is 0 Å². The first kappa shape index (κ1) is 19.7. The number of carbonyl (C=O) groups is 2. The van der Waals surface area contributed by atoms with E-state index in [0.717, 1.165) is 0 Å². The van der Waals surface area contributed by atoms with Crippen LogP contribution in [0.15, 0.2) is 60.7 Å². The Hall–Kier alpha value is -2.62. The zero-order valence-corrected chi connectivity index (χ0v) is 15.6. The Labute approximate surface area is 155 Å². The predicted molar refractivity (Wildman–Crippen MR) is 101 cm³/mol. The molecular weight excluding hydrogens is 328 g/mol. The second-order valence-electron chi connectivity index (χ2n) is 6.84. The molecule has 2 atom stereocenters. The first-order valence-corrected chi connectivity index (χ1v) is 8.97. The van der Waals surface area contributed by atoms with Gasteiger partial charge in [-0.1, -0.05) is 50.2 Å².